The molecule has 0 aliphatic rings. The van der Waals surface area contributed by atoms with E-state index in [-0.39, 0.29) is 19.1 Å². The molecular formula is C76H134N2O6P+. The molecule has 0 fully saturated rings. The number of aliphatic hydroxyl groups is 1. The molecule has 3 unspecified atom stereocenters. The molecule has 0 saturated heterocycles. The fourth-order valence-electron chi connectivity index (χ4n) is 9.72. The first kappa shape index (κ1) is 81.6. The maximum atomic E-state index is 13.0. The number of carbonyl (C=O) groups excluding carboxylic acids is 1. The number of phosphoric ester groups is 1. The van der Waals surface area contributed by atoms with Crippen molar-refractivity contribution < 1.29 is 32.9 Å². The maximum absolute atomic E-state index is 13.0. The molecule has 0 saturated carbocycles. The summed E-state index contributed by atoms with van der Waals surface area (Å²) in [6, 6.07) is -0.859. The SMILES string of the molecule is CC/C=C\C/C=C\C/C=C\C/C=C\C/C=C\C/C=C\C/C=C\C/C=C\C/C=C\C/C=C\CCCCCCCCCCCCC(=O)NC(COP(=O)(O)OCC[N+](C)(C)C)C(O)/C=C/CCCCCCCCCCCCCCCCCCCCCC. The van der Waals surface area contributed by atoms with Crippen LogP contribution >= 0.6 is 7.82 Å². The first-order valence-corrected chi connectivity index (χ1v) is 36.6. The van der Waals surface area contributed by atoms with Crippen molar-refractivity contribution in [1.82, 2.24) is 5.32 Å². The summed E-state index contributed by atoms with van der Waals surface area (Å²) in [6.45, 7) is 4.71. The molecule has 0 aromatic heterocycles. The fourth-order valence-corrected chi connectivity index (χ4v) is 10.5. The fraction of sp³-hybridized carbons (Fsp3) is 0.697. The quantitative estimate of drug-likeness (QED) is 0.0243. The smallest absolute Gasteiger partial charge is 0.387 e. The zero-order valence-electron chi connectivity index (χ0n) is 55.8. The molecule has 0 heterocycles. The van der Waals surface area contributed by atoms with Crippen LogP contribution in [0.3, 0.4) is 0 Å². The summed E-state index contributed by atoms with van der Waals surface area (Å²) in [4.78, 5) is 23.4. The first-order valence-electron chi connectivity index (χ1n) is 35.1. The van der Waals surface area contributed by atoms with Gasteiger partial charge >= 0.3 is 7.82 Å². The topological polar surface area (TPSA) is 105 Å². The predicted molar refractivity (Wildman–Crippen MR) is 373 cm³/mol. The zero-order chi connectivity index (χ0) is 61.9. The summed E-state index contributed by atoms with van der Waals surface area (Å²) in [6.07, 6.45) is 98.7. The van der Waals surface area contributed by atoms with Crippen LogP contribution in [-0.2, 0) is 18.4 Å². The predicted octanol–water partition coefficient (Wildman–Crippen LogP) is 22.6. The number of amides is 1. The Morgan fingerprint density at radius 2 is 0.706 bits per heavy atom. The van der Waals surface area contributed by atoms with Crippen LogP contribution in [0, 0.1) is 0 Å². The van der Waals surface area contributed by atoms with E-state index in [2.05, 4.69) is 141 Å². The third-order valence-corrected chi connectivity index (χ3v) is 16.1. The Kier molecular flexibility index (Phi) is 62.5. The van der Waals surface area contributed by atoms with E-state index in [0.29, 0.717) is 17.4 Å². The van der Waals surface area contributed by atoms with Gasteiger partial charge in [0.05, 0.1) is 39.9 Å². The van der Waals surface area contributed by atoms with Gasteiger partial charge in [0.1, 0.15) is 13.2 Å². The van der Waals surface area contributed by atoms with Gasteiger partial charge in [0.2, 0.25) is 5.91 Å². The van der Waals surface area contributed by atoms with Gasteiger partial charge in [-0.05, 0) is 96.3 Å². The molecule has 488 valence electrons. The van der Waals surface area contributed by atoms with Crippen molar-refractivity contribution in [3.05, 3.63) is 134 Å². The standard InChI is InChI=1S/C76H133N2O6P/c1-6-8-10-12-14-16-18-20-22-24-26-28-30-31-32-33-34-35-36-37-38-39-40-41-42-43-44-45-46-47-48-50-52-54-56-58-60-62-64-66-68-70-76(80)77-74(73-84-85(81,82)83-72-71-78(3,4)5)75(79)69-67-65-63-61-59-57-55-53-51-49-29-27-25-23-21-19-17-15-13-11-9-7-2/h8,10,14,16,20,22,26,28,31-32,34-35,37-38,40-41,43-44,46-47,67,69,74-75,79H,6-7,9,11-13,15,17-19,21,23-25,27,29-30,33,36,39,42,45,48-66,68,70-73H2,1-5H3,(H-,77,80,81,82)/p+1/b10-8-,16-14-,22-20-,28-26-,32-31-,35-34-,38-37-,41-40-,44-43-,47-46-,69-67+. The summed E-state index contributed by atoms with van der Waals surface area (Å²) >= 11 is 0. The molecule has 0 aliphatic carbocycles. The molecule has 0 aromatic carbocycles. The van der Waals surface area contributed by atoms with Crippen molar-refractivity contribution in [2.45, 2.75) is 302 Å². The Bertz CT molecular complexity index is 1850. The number of quaternary nitrogens is 1. The average molecular weight is 1200 g/mol. The minimum atomic E-state index is -4.36. The summed E-state index contributed by atoms with van der Waals surface area (Å²) in [5.74, 6) is -0.184. The third-order valence-electron chi connectivity index (χ3n) is 15.1. The highest BCUT2D eigenvalue weighted by atomic mass is 31.2. The number of nitrogens with one attached hydrogen (secondary N) is 1. The number of allylic oxidation sites excluding steroid dienone is 21. The first-order chi connectivity index (χ1) is 41.5. The van der Waals surface area contributed by atoms with Crippen molar-refractivity contribution in [3.8, 4) is 0 Å². The number of hydrogen-bond acceptors (Lipinski definition) is 5. The Hall–Kier alpha value is -3.36. The lowest BCUT2D eigenvalue weighted by molar-refractivity contribution is -0.870. The Morgan fingerprint density at radius 1 is 0.412 bits per heavy atom. The van der Waals surface area contributed by atoms with Crippen LogP contribution in [0.25, 0.3) is 0 Å². The maximum Gasteiger partial charge on any atom is 0.472 e. The Balaban J connectivity index is 4.11. The number of unbranched alkanes of at least 4 members (excludes halogenated alkanes) is 30. The zero-order valence-corrected chi connectivity index (χ0v) is 56.7. The number of phosphoric acid groups is 1. The number of rotatable bonds is 63. The highest BCUT2D eigenvalue weighted by Gasteiger charge is 2.28. The van der Waals surface area contributed by atoms with Gasteiger partial charge in [0, 0.05) is 6.42 Å². The van der Waals surface area contributed by atoms with E-state index in [0.717, 1.165) is 109 Å². The molecule has 1 amide bonds. The van der Waals surface area contributed by atoms with Crippen LogP contribution in [-0.4, -0.2) is 73.4 Å². The van der Waals surface area contributed by atoms with E-state index >= 15 is 0 Å². The Labute approximate surface area is 526 Å². The number of nitrogens with zero attached hydrogens (tertiary/aromatic N) is 1. The lowest BCUT2D eigenvalue weighted by atomic mass is 10.0. The molecule has 0 bridgehead atoms. The van der Waals surface area contributed by atoms with Crippen molar-refractivity contribution in [2.75, 3.05) is 40.9 Å². The molecule has 0 aliphatic heterocycles. The van der Waals surface area contributed by atoms with E-state index in [4.69, 9.17) is 9.05 Å². The van der Waals surface area contributed by atoms with Crippen molar-refractivity contribution >= 4 is 13.7 Å². The van der Waals surface area contributed by atoms with Crippen molar-refractivity contribution in [2.24, 2.45) is 0 Å². The second-order valence-electron chi connectivity index (χ2n) is 24.5. The molecule has 3 N–H and O–H groups in total. The molecular weight excluding hydrogens is 1070 g/mol. The second-order valence-corrected chi connectivity index (χ2v) is 26.0. The van der Waals surface area contributed by atoms with Gasteiger partial charge in [-0.1, -0.05) is 321 Å². The molecule has 85 heavy (non-hydrogen) atoms. The van der Waals surface area contributed by atoms with Gasteiger partial charge in [-0.25, -0.2) is 4.57 Å². The third kappa shape index (κ3) is 68.0. The van der Waals surface area contributed by atoms with E-state index in [9.17, 15) is 19.4 Å². The number of carbonyl (C=O) groups is 1. The molecule has 3 atom stereocenters. The van der Waals surface area contributed by atoms with Gasteiger partial charge in [-0.2, -0.15) is 0 Å². The van der Waals surface area contributed by atoms with E-state index in [1.807, 2.05) is 27.2 Å². The molecule has 8 nitrogen and oxygen atoms in total. The van der Waals surface area contributed by atoms with Crippen LogP contribution in [0.15, 0.2) is 134 Å². The Morgan fingerprint density at radius 3 is 1.04 bits per heavy atom. The molecule has 9 heteroatoms. The molecule has 0 radical (unpaired) electrons. The van der Waals surface area contributed by atoms with Gasteiger partial charge in [0.25, 0.3) is 0 Å². The molecule has 0 rings (SSSR count). The van der Waals surface area contributed by atoms with Crippen LogP contribution in [0.1, 0.15) is 290 Å². The summed E-state index contributed by atoms with van der Waals surface area (Å²) < 4.78 is 23.8. The lowest BCUT2D eigenvalue weighted by Crippen LogP contribution is -2.45. The summed E-state index contributed by atoms with van der Waals surface area (Å²) in [5, 5.41) is 14.0. The highest BCUT2D eigenvalue weighted by Crippen LogP contribution is 2.43. The van der Waals surface area contributed by atoms with E-state index in [1.54, 1.807) is 6.08 Å². The van der Waals surface area contributed by atoms with Crippen LogP contribution < -0.4 is 5.32 Å². The van der Waals surface area contributed by atoms with Gasteiger partial charge in [0.15, 0.2) is 0 Å². The molecule has 0 spiro atoms. The van der Waals surface area contributed by atoms with E-state index < -0.39 is 20.0 Å². The van der Waals surface area contributed by atoms with Gasteiger partial charge in [-0.3, -0.25) is 13.8 Å². The van der Waals surface area contributed by atoms with Crippen LogP contribution in [0.2, 0.25) is 0 Å². The highest BCUT2D eigenvalue weighted by molar-refractivity contribution is 7.47. The number of hydrogen-bond donors (Lipinski definition) is 3. The van der Waals surface area contributed by atoms with Gasteiger partial charge < -0.3 is 19.8 Å². The largest absolute Gasteiger partial charge is 0.472 e. The monoisotopic (exact) mass is 1200 g/mol. The summed E-state index contributed by atoms with van der Waals surface area (Å²) in [5.41, 5.74) is 0. The molecule has 0 aromatic rings. The second kappa shape index (κ2) is 65.1. The minimum Gasteiger partial charge on any atom is -0.387 e. The van der Waals surface area contributed by atoms with Crippen LogP contribution in [0.5, 0.6) is 0 Å². The minimum absolute atomic E-state index is 0.0555. The average Bonchev–Trinajstić information content (AvgIpc) is 3.48. The van der Waals surface area contributed by atoms with Crippen LogP contribution in [0.4, 0.5) is 0 Å². The van der Waals surface area contributed by atoms with Gasteiger partial charge in [-0.15, -0.1) is 0 Å². The lowest BCUT2D eigenvalue weighted by Gasteiger charge is -2.25. The van der Waals surface area contributed by atoms with Crippen molar-refractivity contribution in [1.29, 1.82) is 0 Å². The van der Waals surface area contributed by atoms with E-state index in [1.165, 1.54) is 161 Å². The summed E-state index contributed by atoms with van der Waals surface area (Å²) in [7, 11) is 1.56. The number of likely N-dealkylation sites (N-methyl/N-ethyl adjacent to an activating group) is 1. The van der Waals surface area contributed by atoms with Crippen molar-refractivity contribution in [3.63, 3.8) is 0 Å². The normalized spacial score (nSPS) is 14.5. The number of aliphatic hydroxyl groups excluding tert-OH is 1.